The molecule has 1 fully saturated rings. The molecule has 0 spiro atoms. The molecule has 0 N–H and O–H groups in total. The zero-order valence-electron chi connectivity index (χ0n) is 37.0. The third-order valence-corrected chi connectivity index (χ3v) is 27.3. The first kappa shape index (κ1) is 44.3. The molecule has 0 amide bonds. The van der Waals surface area contributed by atoms with Crippen LogP contribution in [0.2, 0.25) is 28.2 Å². The maximum Gasteiger partial charge on any atom is 0.261 e. The monoisotopic (exact) mass is 810 g/mol. The first-order valence-electron chi connectivity index (χ1n) is 20.7. The molecule has 1 saturated heterocycles. The third-order valence-electron chi connectivity index (χ3n) is 12.7. The van der Waals surface area contributed by atoms with Crippen LogP contribution in [-0.4, -0.2) is 48.6 Å². The Labute approximate surface area is 348 Å². The normalized spacial score (nSPS) is 18.9. The van der Waals surface area contributed by atoms with E-state index in [9.17, 15) is 4.79 Å². The fourth-order valence-electron chi connectivity index (χ4n) is 8.30. The van der Waals surface area contributed by atoms with Gasteiger partial charge in [-0.05, 0) is 48.2 Å². The number of ether oxygens (including phenoxy) is 1. The first-order chi connectivity index (χ1) is 26.5. The lowest BCUT2D eigenvalue weighted by atomic mass is 9.79. The van der Waals surface area contributed by atoms with Crippen LogP contribution < -0.4 is 20.7 Å². The van der Waals surface area contributed by atoms with Gasteiger partial charge in [-0.1, -0.05) is 217 Å². The zero-order chi connectivity index (χ0) is 42.0. The fraction of sp³-hybridized carbons (Fsp3) is 0.431. The topological polar surface area (TPSA) is 35.5 Å². The first-order valence-corrected chi connectivity index (χ1v) is 27.6. The van der Waals surface area contributed by atoms with Crippen molar-refractivity contribution >= 4 is 51.0 Å². The van der Waals surface area contributed by atoms with E-state index >= 15 is 0 Å². The summed E-state index contributed by atoms with van der Waals surface area (Å²) < 4.78 is 15.1. The second-order valence-electron chi connectivity index (χ2n) is 20.4. The van der Waals surface area contributed by atoms with Gasteiger partial charge in [-0.3, -0.25) is 4.79 Å². The Kier molecular flexibility index (Phi) is 12.8. The van der Waals surface area contributed by atoms with E-state index in [1.165, 1.54) is 20.7 Å². The van der Waals surface area contributed by atoms with Crippen LogP contribution in [0.1, 0.15) is 89.0 Å². The fourth-order valence-corrected chi connectivity index (χ4v) is 18.5. The van der Waals surface area contributed by atoms with E-state index in [1.807, 2.05) is 12.1 Å². The lowest BCUT2D eigenvalue weighted by Crippen LogP contribution is -2.70. The molecule has 0 radical (unpaired) electrons. The van der Waals surface area contributed by atoms with Crippen molar-refractivity contribution in [2.45, 2.75) is 129 Å². The summed E-state index contributed by atoms with van der Waals surface area (Å²) in [6.07, 6.45) is 0.203. The highest BCUT2D eigenvalue weighted by Gasteiger charge is 2.61. The Morgan fingerprint density at radius 1 is 0.649 bits per heavy atom. The number of hydrogen-bond acceptors (Lipinski definition) is 3. The summed E-state index contributed by atoms with van der Waals surface area (Å²) in [6, 6.07) is 42.8. The predicted octanol–water partition coefficient (Wildman–Crippen LogP) is 9.73. The molecular formula is C51H66O3Si3. The highest BCUT2D eigenvalue weighted by Crippen LogP contribution is 2.49. The van der Waals surface area contributed by atoms with Crippen molar-refractivity contribution in [3.63, 3.8) is 0 Å². The van der Waals surface area contributed by atoms with Gasteiger partial charge in [0.2, 0.25) is 13.9 Å². The molecule has 1 aliphatic rings. The minimum Gasteiger partial charge on any atom is -0.400 e. The molecule has 1 aliphatic heterocycles. The van der Waals surface area contributed by atoms with Crippen LogP contribution in [0.15, 0.2) is 121 Å². The van der Waals surface area contributed by atoms with E-state index in [-0.39, 0.29) is 27.3 Å². The van der Waals surface area contributed by atoms with Crippen LogP contribution in [0, 0.1) is 28.3 Å². The molecule has 2 atom stereocenters. The number of carbonyl (C=O) groups is 1. The lowest BCUT2D eigenvalue weighted by molar-refractivity contribution is -0.115. The van der Waals surface area contributed by atoms with Gasteiger partial charge in [0, 0.05) is 11.8 Å². The summed E-state index contributed by atoms with van der Waals surface area (Å²) in [5.41, 5.74) is 6.20. The molecule has 4 aromatic carbocycles. The molecule has 0 unspecified atom stereocenters. The van der Waals surface area contributed by atoms with Crippen LogP contribution in [0.25, 0.3) is 0 Å². The largest absolute Gasteiger partial charge is 0.400 e. The standard InChI is InChI=1S/C51H66O3Si3/c1-47(2,3)55(12,13)39-37-51(36-34-41(52)35-38-56(48(4,5)6,42-26-18-14-19-27-42)43-28-20-15-21-29-43)46(50(10,11)40-53-51)54-57(49(7,8)9,44-30-22-16-23-31-44)45-32-24-17-25-33-45/h14-33,46H,34,36,40H2,1-13H3/t46-,51-/m1/s1. The average molecular weight is 811 g/mol. The van der Waals surface area contributed by atoms with Gasteiger partial charge in [-0.2, -0.15) is 0 Å². The molecule has 5 rings (SSSR count). The smallest absolute Gasteiger partial charge is 0.261 e. The number of Topliss-reactive ketones (excluding diaryl/α,β-unsaturated/α-hetero) is 1. The maximum absolute atomic E-state index is 14.4. The van der Waals surface area contributed by atoms with E-state index in [0.29, 0.717) is 13.0 Å². The van der Waals surface area contributed by atoms with Crippen LogP contribution in [-0.2, 0) is 14.0 Å². The Morgan fingerprint density at radius 2 is 1.07 bits per heavy atom. The van der Waals surface area contributed by atoms with Crippen LogP contribution in [0.5, 0.6) is 0 Å². The number of hydrogen-bond donors (Lipinski definition) is 0. The van der Waals surface area contributed by atoms with E-state index in [1.54, 1.807) is 0 Å². The highest BCUT2D eigenvalue weighted by atomic mass is 28.4. The van der Waals surface area contributed by atoms with Crippen LogP contribution in [0.4, 0.5) is 0 Å². The van der Waals surface area contributed by atoms with Crippen molar-refractivity contribution in [2.24, 2.45) is 5.41 Å². The summed E-state index contributed by atoms with van der Waals surface area (Å²) in [7, 11) is -7.91. The second-order valence-corrected chi connectivity index (χ2v) is 34.0. The van der Waals surface area contributed by atoms with Crippen molar-refractivity contribution < 1.29 is 14.0 Å². The average Bonchev–Trinajstić information content (AvgIpc) is 3.41. The molecule has 1 heterocycles. The SMILES string of the molecule is CC1(C)CO[C@@](C#C[Si](C)(C)C(C)(C)C)(CCC(=O)C#C[Si](c2ccccc2)(c2ccccc2)C(C)(C)C)[C@@H]1O[Si](c1ccccc1)(c1ccccc1)C(C)(C)C. The quantitative estimate of drug-likeness (QED) is 0.125. The van der Waals surface area contributed by atoms with Crippen LogP contribution >= 0.6 is 0 Å². The molecule has 3 nitrogen and oxygen atoms in total. The van der Waals surface area contributed by atoms with Crippen molar-refractivity contribution in [2.75, 3.05) is 6.61 Å². The van der Waals surface area contributed by atoms with Gasteiger partial charge in [0.1, 0.15) is 8.07 Å². The molecule has 4 aromatic rings. The molecule has 0 aliphatic carbocycles. The minimum absolute atomic E-state index is 0.0424. The predicted molar refractivity (Wildman–Crippen MR) is 250 cm³/mol. The van der Waals surface area contributed by atoms with Crippen molar-refractivity contribution in [3.8, 4) is 22.9 Å². The van der Waals surface area contributed by atoms with Gasteiger partial charge in [0.15, 0.2) is 5.60 Å². The summed E-state index contributed by atoms with van der Waals surface area (Å²) in [5, 5.41) is 4.45. The molecule has 0 saturated carbocycles. The number of benzene rings is 4. The van der Waals surface area contributed by atoms with Crippen molar-refractivity contribution in [1.82, 2.24) is 0 Å². The molecule has 0 bridgehead atoms. The Hall–Kier alpha value is -3.76. The zero-order valence-corrected chi connectivity index (χ0v) is 40.0. The number of carbonyl (C=O) groups excluding carboxylic acids is 1. The van der Waals surface area contributed by atoms with Gasteiger partial charge in [-0.25, -0.2) is 0 Å². The Balaban J connectivity index is 1.67. The summed E-state index contributed by atoms with van der Waals surface area (Å²) in [5.74, 6) is 7.00. The summed E-state index contributed by atoms with van der Waals surface area (Å²) >= 11 is 0. The van der Waals surface area contributed by atoms with Crippen molar-refractivity contribution in [1.29, 1.82) is 0 Å². The Bertz CT molecular complexity index is 2020. The lowest BCUT2D eigenvalue weighted by Gasteiger charge is -2.48. The van der Waals surface area contributed by atoms with E-state index in [2.05, 4.69) is 221 Å². The van der Waals surface area contributed by atoms with E-state index in [4.69, 9.17) is 9.16 Å². The molecular weight excluding hydrogens is 745 g/mol. The number of ketones is 1. The van der Waals surface area contributed by atoms with Gasteiger partial charge < -0.3 is 9.16 Å². The third kappa shape index (κ3) is 8.82. The van der Waals surface area contributed by atoms with Gasteiger partial charge in [0.25, 0.3) is 8.32 Å². The van der Waals surface area contributed by atoms with Crippen molar-refractivity contribution in [3.05, 3.63) is 121 Å². The second kappa shape index (κ2) is 16.5. The summed E-state index contributed by atoms with van der Waals surface area (Å²) in [4.78, 5) is 14.4. The molecule has 300 valence electrons. The molecule has 0 aromatic heterocycles. The van der Waals surface area contributed by atoms with Gasteiger partial charge >= 0.3 is 0 Å². The van der Waals surface area contributed by atoms with E-state index in [0.717, 1.165) is 0 Å². The Morgan fingerprint density at radius 3 is 1.46 bits per heavy atom. The molecule has 57 heavy (non-hydrogen) atoms. The van der Waals surface area contributed by atoms with Gasteiger partial charge in [0.05, 0.1) is 12.7 Å². The minimum atomic E-state index is -3.04. The van der Waals surface area contributed by atoms with E-state index < -0.39 is 41.6 Å². The summed E-state index contributed by atoms with van der Waals surface area (Å²) in [6.45, 7) is 30.3. The highest BCUT2D eigenvalue weighted by molar-refractivity contribution is 7.10. The number of rotatable bonds is 9. The van der Waals surface area contributed by atoms with Gasteiger partial charge in [-0.15, -0.1) is 11.1 Å². The molecule has 6 heteroatoms. The maximum atomic E-state index is 14.4. The van der Waals surface area contributed by atoms with Crippen LogP contribution in [0.3, 0.4) is 0 Å².